The molecule has 0 atom stereocenters. The number of aromatic carboxylic acids is 1. The maximum atomic E-state index is 13.3. The van der Waals surface area contributed by atoms with E-state index in [2.05, 4.69) is 10.1 Å². The number of piperidine rings is 1. The van der Waals surface area contributed by atoms with Crippen molar-refractivity contribution in [2.75, 3.05) is 13.1 Å². The fourth-order valence-corrected chi connectivity index (χ4v) is 3.60. The number of carboxylic acids is 1. The summed E-state index contributed by atoms with van der Waals surface area (Å²) in [5, 5.41) is 14.0. The summed E-state index contributed by atoms with van der Waals surface area (Å²) < 4.78 is 18.6. The van der Waals surface area contributed by atoms with Gasteiger partial charge in [-0.3, -0.25) is 4.90 Å². The summed E-state index contributed by atoms with van der Waals surface area (Å²) in [5.74, 6) is -0.909. The quantitative estimate of drug-likeness (QED) is 0.766. The first-order valence-electron chi connectivity index (χ1n) is 8.69. The number of nitrogens with zero attached hydrogens (tertiary/aromatic N) is 2. The standard InChI is InChI=1S/C20H19FN2O3/c21-16-5-6-17-18(11-16)26-22-19(17)14-7-9-23(10-8-14)12-13-1-3-15(4-2-13)20(24)25/h1-6,11,14H,7-10,12H2,(H,24,25). The van der Waals surface area contributed by atoms with Crippen molar-refractivity contribution in [1.29, 1.82) is 0 Å². The Bertz CT molecular complexity index is 928. The van der Waals surface area contributed by atoms with Gasteiger partial charge in [-0.1, -0.05) is 17.3 Å². The van der Waals surface area contributed by atoms with Gasteiger partial charge in [-0.25, -0.2) is 9.18 Å². The predicted octanol–water partition coefficient (Wildman–Crippen LogP) is 4.04. The van der Waals surface area contributed by atoms with Gasteiger partial charge in [0.1, 0.15) is 5.82 Å². The number of aromatic nitrogens is 1. The molecule has 1 aliphatic rings. The molecule has 2 aromatic carbocycles. The summed E-state index contributed by atoms with van der Waals surface area (Å²) in [6, 6.07) is 11.6. The molecule has 1 aromatic heterocycles. The van der Waals surface area contributed by atoms with Gasteiger partial charge < -0.3 is 9.63 Å². The van der Waals surface area contributed by atoms with Crippen molar-refractivity contribution in [3.05, 3.63) is 65.1 Å². The minimum Gasteiger partial charge on any atom is -0.478 e. The van der Waals surface area contributed by atoms with Gasteiger partial charge in [0.05, 0.1) is 11.3 Å². The number of hydrogen-bond acceptors (Lipinski definition) is 4. The van der Waals surface area contributed by atoms with E-state index in [0.29, 0.717) is 17.1 Å². The molecule has 5 nitrogen and oxygen atoms in total. The molecule has 0 spiro atoms. The lowest BCUT2D eigenvalue weighted by molar-refractivity contribution is 0.0697. The van der Waals surface area contributed by atoms with E-state index >= 15 is 0 Å². The first-order chi connectivity index (χ1) is 12.6. The van der Waals surface area contributed by atoms with Crippen LogP contribution in [0.25, 0.3) is 11.0 Å². The van der Waals surface area contributed by atoms with Crippen LogP contribution in [0, 0.1) is 5.82 Å². The zero-order chi connectivity index (χ0) is 18.1. The molecule has 134 valence electrons. The number of carboxylic acid groups (broad SMARTS) is 1. The van der Waals surface area contributed by atoms with Gasteiger partial charge in [0.2, 0.25) is 0 Å². The minimum atomic E-state index is -0.905. The van der Waals surface area contributed by atoms with E-state index in [-0.39, 0.29) is 5.82 Å². The highest BCUT2D eigenvalue weighted by molar-refractivity contribution is 5.87. The number of carbonyl (C=O) groups is 1. The zero-order valence-corrected chi connectivity index (χ0v) is 14.2. The average Bonchev–Trinajstić information content (AvgIpc) is 3.06. The van der Waals surface area contributed by atoms with Gasteiger partial charge in [0, 0.05) is 23.9 Å². The number of likely N-dealkylation sites (tertiary alicyclic amines) is 1. The zero-order valence-electron chi connectivity index (χ0n) is 14.2. The normalized spacial score (nSPS) is 16.2. The maximum absolute atomic E-state index is 13.3. The first kappa shape index (κ1) is 16.7. The van der Waals surface area contributed by atoms with Crippen molar-refractivity contribution in [2.45, 2.75) is 25.3 Å². The highest BCUT2D eigenvalue weighted by atomic mass is 19.1. The van der Waals surface area contributed by atoms with Crippen LogP contribution >= 0.6 is 0 Å². The molecule has 3 aromatic rings. The van der Waals surface area contributed by atoms with E-state index in [1.165, 1.54) is 12.1 Å². The van der Waals surface area contributed by atoms with Gasteiger partial charge >= 0.3 is 5.97 Å². The number of hydrogen-bond donors (Lipinski definition) is 1. The number of halogens is 1. The predicted molar refractivity (Wildman–Crippen MR) is 94.6 cm³/mol. The monoisotopic (exact) mass is 354 g/mol. The number of rotatable bonds is 4. The maximum Gasteiger partial charge on any atom is 0.335 e. The third kappa shape index (κ3) is 3.32. The second-order valence-electron chi connectivity index (χ2n) is 6.76. The van der Waals surface area contributed by atoms with Crippen molar-refractivity contribution in [2.24, 2.45) is 0 Å². The Morgan fingerprint density at radius 2 is 1.92 bits per heavy atom. The SMILES string of the molecule is O=C(O)c1ccc(CN2CCC(c3noc4cc(F)ccc34)CC2)cc1. The smallest absolute Gasteiger partial charge is 0.335 e. The van der Waals surface area contributed by atoms with Crippen molar-refractivity contribution < 1.29 is 18.8 Å². The Balaban J connectivity index is 1.39. The lowest BCUT2D eigenvalue weighted by Crippen LogP contribution is -2.32. The third-order valence-electron chi connectivity index (χ3n) is 5.04. The van der Waals surface area contributed by atoms with Crippen LogP contribution in [0.3, 0.4) is 0 Å². The van der Waals surface area contributed by atoms with Gasteiger partial charge in [0.25, 0.3) is 0 Å². The van der Waals surface area contributed by atoms with Crippen LogP contribution in [0.2, 0.25) is 0 Å². The van der Waals surface area contributed by atoms with Crippen LogP contribution in [0.5, 0.6) is 0 Å². The lowest BCUT2D eigenvalue weighted by atomic mass is 9.91. The van der Waals surface area contributed by atoms with Gasteiger partial charge in [0.15, 0.2) is 5.58 Å². The molecule has 6 heteroatoms. The van der Waals surface area contributed by atoms with Crippen LogP contribution < -0.4 is 0 Å². The van der Waals surface area contributed by atoms with Crippen LogP contribution in [0.4, 0.5) is 4.39 Å². The van der Waals surface area contributed by atoms with Crippen LogP contribution in [-0.2, 0) is 6.54 Å². The van der Waals surface area contributed by atoms with Crippen molar-refractivity contribution in [1.82, 2.24) is 10.1 Å². The molecule has 1 fully saturated rings. The van der Waals surface area contributed by atoms with E-state index in [4.69, 9.17) is 9.63 Å². The Morgan fingerprint density at radius 3 is 2.62 bits per heavy atom. The molecule has 26 heavy (non-hydrogen) atoms. The Labute approximate surface area is 150 Å². The fraction of sp³-hybridized carbons (Fsp3) is 0.300. The first-order valence-corrected chi connectivity index (χ1v) is 8.69. The Hall–Kier alpha value is -2.73. The van der Waals surface area contributed by atoms with E-state index in [0.717, 1.165) is 49.1 Å². The average molecular weight is 354 g/mol. The molecule has 1 aliphatic heterocycles. The molecular formula is C20H19FN2O3. The fourth-order valence-electron chi connectivity index (χ4n) is 3.60. The number of fused-ring (bicyclic) bond motifs is 1. The summed E-state index contributed by atoms with van der Waals surface area (Å²) in [6.07, 6.45) is 1.93. The summed E-state index contributed by atoms with van der Waals surface area (Å²) in [7, 11) is 0. The highest BCUT2D eigenvalue weighted by Crippen LogP contribution is 2.33. The van der Waals surface area contributed by atoms with E-state index in [1.54, 1.807) is 18.2 Å². The Morgan fingerprint density at radius 1 is 1.19 bits per heavy atom. The van der Waals surface area contributed by atoms with Crippen LogP contribution in [-0.4, -0.2) is 34.2 Å². The van der Waals surface area contributed by atoms with Gasteiger partial charge in [-0.2, -0.15) is 0 Å². The lowest BCUT2D eigenvalue weighted by Gasteiger charge is -2.31. The molecule has 4 rings (SSSR count). The van der Waals surface area contributed by atoms with E-state index in [9.17, 15) is 9.18 Å². The van der Waals surface area contributed by atoms with Crippen molar-refractivity contribution in [3.63, 3.8) is 0 Å². The minimum absolute atomic E-state index is 0.307. The Kier molecular flexibility index (Phi) is 4.42. The molecule has 2 heterocycles. The molecule has 1 N–H and O–H groups in total. The second-order valence-corrected chi connectivity index (χ2v) is 6.76. The van der Waals surface area contributed by atoms with Gasteiger partial charge in [-0.15, -0.1) is 0 Å². The third-order valence-corrected chi connectivity index (χ3v) is 5.04. The molecule has 0 amide bonds. The van der Waals surface area contributed by atoms with Crippen LogP contribution in [0.15, 0.2) is 47.0 Å². The summed E-state index contributed by atoms with van der Waals surface area (Å²) >= 11 is 0. The van der Waals surface area contributed by atoms with E-state index in [1.807, 2.05) is 12.1 Å². The molecule has 1 saturated heterocycles. The van der Waals surface area contributed by atoms with E-state index < -0.39 is 5.97 Å². The molecule has 0 bridgehead atoms. The summed E-state index contributed by atoms with van der Waals surface area (Å²) in [4.78, 5) is 13.3. The molecule has 0 aliphatic carbocycles. The number of benzene rings is 2. The van der Waals surface area contributed by atoms with Crippen molar-refractivity contribution in [3.8, 4) is 0 Å². The summed E-state index contributed by atoms with van der Waals surface area (Å²) in [5.41, 5.74) is 2.84. The molecular weight excluding hydrogens is 335 g/mol. The largest absolute Gasteiger partial charge is 0.478 e. The molecule has 0 radical (unpaired) electrons. The second kappa shape index (κ2) is 6.88. The molecule has 0 unspecified atom stereocenters. The van der Waals surface area contributed by atoms with Crippen LogP contribution in [0.1, 0.15) is 40.4 Å². The van der Waals surface area contributed by atoms with Crippen molar-refractivity contribution >= 4 is 16.9 Å². The van der Waals surface area contributed by atoms with Gasteiger partial charge in [-0.05, 0) is 55.8 Å². The molecule has 0 saturated carbocycles. The topological polar surface area (TPSA) is 66.6 Å². The highest BCUT2D eigenvalue weighted by Gasteiger charge is 2.25. The summed E-state index contributed by atoms with van der Waals surface area (Å²) in [6.45, 7) is 2.67.